The molecule has 1 fully saturated rings. The normalized spacial score (nSPS) is 19.8. The molecule has 5 nitrogen and oxygen atoms in total. The standard InChI is InChI=1S/C15H22N4O/c1-18-8-4-7-16-15(18)17-13-5-2-3-6-14(13)19-9-11-20-12-10-19/h2-3,5-6H,4,7-12H2,1H3,(H,16,17). The average Bonchev–Trinajstić information content (AvgIpc) is 2.51. The Labute approximate surface area is 120 Å². The van der Waals surface area contributed by atoms with Gasteiger partial charge in [-0.05, 0) is 18.6 Å². The molecule has 1 aromatic carbocycles. The lowest BCUT2D eigenvalue weighted by molar-refractivity contribution is 0.123. The minimum atomic E-state index is 0.801. The zero-order valence-corrected chi connectivity index (χ0v) is 12.0. The van der Waals surface area contributed by atoms with Crippen molar-refractivity contribution in [2.75, 3.05) is 56.7 Å². The number of hydrogen-bond acceptors (Lipinski definition) is 5. The molecule has 0 bridgehead atoms. The Morgan fingerprint density at radius 2 is 1.95 bits per heavy atom. The number of guanidine groups is 1. The predicted molar refractivity (Wildman–Crippen MR) is 82.6 cm³/mol. The predicted octanol–water partition coefficient (Wildman–Crippen LogP) is 1.63. The minimum Gasteiger partial charge on any atom is -0.378 e. The summed E-state index contributed by atoms with van der Waals surface area (Å²) in [6.45, 7) is 5.46. The number of morpholine rings is 1. The summed E-state index contributed by atoms with van der Waals surface area (Å²) >= 11 is 0. The third-order valence-corrected chi connectivity index (χ3v) is 3.78. The Balaban J connectivity index is 1.80. The Morgan fingerprint density at radius 1 is 1.15 bits per heavy atom. The summed E-state index contributed by atoms with van der Waals surface area (Å²) in [5.74, 6) is 0.969. The van der Waals surface area contributed by atoms with Crippen LogP contribution in [0.15, 0.2) is 29.3 Å². The first-order valence-electron chi connectivity index (χ1n) is 7.29. The highest BCUT2D eigenvalue weighted by Crippen LogP contribution is 2.26. The number of anilines is 2. The summed E-state index contributed by atoms with van der Waals surface area (Å²) in [7, 11) is 2.09. The number of para-hydroxylation sites is 2. The number of benzene rings is 1. The second kappa shape index (κ2) is 6.13. The van der Waals surface area contributed by atoms with E-state index in [0.29, 0.717) is 0 Å². The average molecular weight is 274 g/mol. The van der Waals surface area contributed by atoms with Crippen LogP contribution < -0.4 is 10.2 Å². The number of ether oxygens (including phenoxy) is 1. The van der Waals surface area contributed by atoms with Gasteiger partial charge in [0.15, 0.2) is 5.96 Å². The van der Waals surface area contributed by atoms with E-state index < -0.39 is 0 Å². The number of nitrogens with zero attached hydrogens (tertiary/aromatic N) is 3. The Morgan fingerprint density at radius 3 is 2.75 bits per heavy atom. The van der Waals surface area contributed by atoms with E-state index in [-0.39, 0.29) is 0 Å². The fourth-order valence-corrected chi connectivity index (χ4v) is 2.63. The van der Waals surface area contributed by atoms with Crippen LogP contribution in [0.5, 0.6) is 0 Å². The Bertz CT molecular complexity index is 483. The maximum absolute atomic E-state index is 5.43. The number of rotatable bonds is 2. The molecule has 1 N–H and O–H groups in total. The molecule has 108 valence electrons. The van der Waals surface area contributed by atoms with Gasteiger partial charge in [0, 0.05) is 33.2 Å². The summed E-state index contributed by atoms with van der Waals surface area (Å²) in [6.07, 6.45) is 1.13. The van der Waals surface area contributed by atoms with Crippen molar-refractivity contribution < 1.29 is 4.74 Å². The Hall–Kier alpha value is -1.75. The van der Waals surface area contributed by atoms with Crippen molar-refractivity contribution in [2.24, 2.45) is 4.99 Å². The van der Waals surface area contributed by atoms with Gasteiger partial charge in [-0.3, -0.25) is 4.99 Å². The van der Waals surface area contributed by atoms with Crippen LogP contribution in [-0.4, -0.2) is 57.3 Å². The molecule has 2 aliphatic rings. The topological polar surface area (TPSA) is 40.1 Å². The van der Waals surface area contributed by atoms with Crippen LogP contribution in [0.1, 0.15) is 6.42 Å². The molecule has 0 radical (unpaired) electrons. The second-order valence-electron chi connectivity index (χ2n) is 5.22. The van der Waals surface area contributed by atoms with Crippen LogP contribution in [0.3, 0.4) is 0 Å². The van der Waals surface area contributed by atoms with Gasteiger partial charge in [-0.1, -0.05) is 12.1 Å². The zero-order valence-electron chi connectivity index (χ0n) is 12.0. The van der Waals surface area contributed by atoms with Crippen LogP contribution >= 0.6 is 0 Å². The van der Waals surface area contributed by atoms with E-state index in [4.69, 9.17) is 4.74 Å². The van der Waals surface area contributed by atoms with Gasteiger partial charge in [0.05, 0.1) is 24.6 Å². The van der Waals surface area contributed by atoms with Crippen molar-refractivity contribution in [3.63, 3.8) is 0 Å². The lowest BCUT2D eigenvalue weighted by atomic mass is 10.2. The van der Waals surface area contributed by atoms with E-state index in [9.17, 15) is 0 Å². The Kier molecular flexibility index (Phi) is 4.06. The highest BCUT2D eigenvalue weighted by atomic mass is 16.5. The third-order valence-electron chi connectivity index (χ3n) is 3.78. The molecule has 0 aromatic heterocycles. The zero-order chi connectivity index (χ0) is 13.8. The molecule has 0 unspecified atom stereocenters. The molecule has 20 heavy (non-hydrogen) atoms. The fraction of sp³-hybridized carbons (Fsp3) is 0.533. The quantitative estimate of drug-likeness (QED) is 0.890. The van der Waals surface area contributed by atoms with Crippen molar-refractivity contribution in [3.8, 4) is 0 Å². The molecule has 3 rings (SSSR count). The largest absolute Gasteiger partial charge is 0.378 e. The molecular weight excluding hydrogens is 252 g/mol. The lowest BCUT2D eigenvalue weighted by Gasteiger charge is -2.32. The maximum Gasteiger partial charge on any atom is 0.198 e. The van der Waals surface area contributed by atoms with Gasteiger partial charge >= 0.3 is 0 Å². The molecule has 0 amide bonds. The summed E-state index contributed by atoms with van der Waals surface area (Å²) in [5, 5.41) is 3.49. The molecule has 1 saturated heterocycles. The van der Waals surface area contributed by atoms with Crippen LogP contribution in [-0.2, 0) is 4.74 Å². The molecule has 2 heterocycles. The number of aliphatic imine (C=N–C) groups is 1. The fourth-order valence-electron chi connectivity index (χ4n) is 2.63. The number of nitrogens with one attached hydrogen (secondary N) is 1. The van der Waals surface area contributed by atoms with Crippen molar-refractivity contribution in [1.82, 2.24) is 4.90 Å². The van der Waals surface area contributed by atoms with Gasteiger partial charge in [-0.15, -0.1) is 0 Å². The van der Waals surface area contributed by atoms with Gasteiger partial charge in [0.25, 0.3) is 0 Å². The van der Waals surface area contributed by atoms with Gasteiger partial charge < -0.3 is 19.9 Å². The van der Waals surface area contributed by atoms with E-state index in [0.717, 1.165) is 57.5 Å². The van der Waals surface area contributed by atoms with E-state index in [1.54, 1.807) is 0 Å². The summed E-state index contributed by atoms with van der Waals surface area (Å²) in [4.78, 5) is 9.13. The van der Waals surface area contributed by atoms with Gasteiger partial charge in [-0.2, -0.15) is 0 Å². The summed E-state index contributed by atoms with van der Waals surface area (Å²) < 4.78 is 5.43. The molecule has 0 atom stereocenters. The van der Waals surface area contributed by atoms with Crippen molar-refractivity contribution in [3.05, 3.63) is 24.3 Å². The minimum absolute atomic E-state index is 0.801. The second-order valence-corrected chi connectivity index (χ2v) is 5.22. The highest BCUT2D eigenvalue weighted by molar-refractivity contribution is 5.96. The van der Waals surface area contributed by atoms with E-state index in [2.05, 4.69) is 51.4 Å². The molecule has 0 aliphatic carbocycles. The first-order valence-corrected chi connectivity index (χ1v) is 7.29. The molecule has 1 aromatic rings. The first kappa shape index (κ1) is 13.2. The lowest BCUT2D eigenvalue weighted by Crippen LogP contribution is -2.39. The van der Waals surface area contributed by atoms with Crippen molar-refractivity contribution >= 4 is 17.3 Å². The summed E-state index contributed by atoms with van der Waals surface area (Å²) in [6, 6.07) is 8.44. The first-order chi connectivity index (χ1) is 9.84. The van der Waals surface area contributed by atoms with Crippen molar-refractivity contribution in [1.29, 1.82) is 0 Å². The monoisotopic (exact) mass is 274 g/mol. The number of hydrogen-bond donors (Lipinski definition) is 1. The van der Waals surface area contributed by atoms with E-state index >= 15 is 0 Å². The molecule has 0 spiro atoms. The van der Waals surface area contributed by atoms with Crippen LogP contribution in [0, 0.1) is 0 Å². The smallest absolute Gasteiger partial charge is 0.198 e. The van der Waals surface area contributed by atoms with Crippen molar-refractivity contribution in [2.45, 2.75) is 6.42 Å². The van der Waals surface area contributed by atoms with Crippen LogP contribution in [0.25, 0.3) is 0 Å². The van der Waals surface area contributed by atoms with Gasteiger partial charge in [0.2, 0.25) is 0 Å². The van der Waals surface area contributed by atoms with Crippen LogP contribution in [0.2, 0.25) is 0 Å². The van der Waals surface area contributed by atoms with E-state index in [1.165, 1.54) is 5.69 Å². The molecule has 0 saturated carbocycles. The van der Waals surface area contributed by atoms with Gasteiger partial charge in [-0.25, -0.2) is 0 Å². The van der Waals surface area contributed by atoms with Gasteiger partial charge in [0.1, 0.15) is 0 Å². The maximum atomic E-state index is 5.43. The molecule has 2 aliphatic heterocycles. The van der Waals surface area contributed by atoms with Crippen LogP contribution in [0.4, 0.5) is 11.4 Å². The van der Waals surface area contributed by atoms with E-state index in [1.807, 2.05) is 0 Å². The molecular formula is C15H22N4O. The highest BCUT2D eigenvalue weighted by Gasteiger charge is 2.17. The summed E-state index contributed by atoms with van der Waals surface area (Å²) in [5.41, 5.74) is 2.36. The third kappa shape index (κ3) is 2.88. The SMILES string of the molecule is CN1CCCN=C1Nc1ccccc1N1CCOCC1. The molecule has 5 heteroatoms.